The van der Waals surface area contributed by atoms with Crippen LogP contribution in [0.5, 0.6) is 5.75 Å². The number of hydrogen-bond acceptors (Lipinski definition) is 4. The van der Waals surface area contributed by atoms with Crippen LogP contribution in [-0.4, -0.2) is 44.9 Å². The summed E-state index contributed by atoms with van der Waals surface area (Å²) in [6.07, 6.45) is 1.13. The lowest BCUT2D eigenvalue weighted by Gasteiger charge is -2.31. The molecule has 4 rings (SSSR count). The van der Waals surface area contributed by atoms with Gasteiger partial charge in [-0.15, -0.1) is 0 Å². The molecular weight excluding hydrogens is 424 g/mol. The number of carbonyl (C=O) groups excluding carboxylic acids is 1. The molecule has 1 aliphatic heterocycles. The second-order valence-electron chi connectivity index (χ2n) is 7.74. The van der Waals surface area contributed by atoms with Gasteiger partial charge in [0.2, 0.25) is 10.0 Å². The van der Waals surface area contributed by atoms with E-state index in [2.05, 4.69) is 5.32 Å². The van der Waals surface area contributed by atoms with Crippen molar-refractivity contribution in [1.29, 1.82) is 0 Å². The fraction of sp³-hybridized carbons (Fsp3) is 0.240. The molecule has 3 aromatic carbocycles. The molecule has 0 aliphatic carbocycles. The van der Waals surface area contributed by atoms with Gasteiger partial charge in [-0.1, -0.05) is 48.5 Å². The zero-order valence-corrected chi connectivity index (χ0v) is 18.7. The van der Waals surface area contributed by atoms with E-state index < -0.39 is 10.0 Å². The molecule has 1 heterocycles. The number of nitrogens with one attached hydrogen (secondary N) is 1. The number of sulfonamides is 1. The predicted molar refractivity (Wildman–Crippen MR) is 124 cm³/mol. The van der Waals surface area contributed by atoms with Gasteiger partial charge in [-0.2, -0.15) is 4.31 Å². The Morgan fingerprint density at radius 3 is 2.19 bits per heavy atom. The van der Waals surface area contributed by atoms with Crippen LogP contribution in [0.4, 0.5) is 0 Å². The van der Waals surface area contributed by atoms with Crippen molar-refractivity contribution in [2.45, 2.75) is 23.8 Å². The standard InChI is InChI=1S/C25H26N2O4S/c1-31-21-11-13-22(14-12-21)32(29,30)27-17-15-20(16-18-27)26-25(28)24-10-6-5-9-23(24)19-7-3-2-4-8-19/h2-14,20H,15-18H2,1H3,(H,26,28). The molecule has 1 amide bonds. The van der Waals surface area contributed by atoms with Crippen LogP contribution in [0.2, 0.25) is 0 Å². The zero-order valence-electron chi connectivity index (χ0n) is 17.9. The quantitative estimate of drug-likeness (QED) is 0.617. The number of carbonyl (C=O) groups is 1. The van der Waals surface area contributed by atoms with Crippen LogP contribution in [0.1, 0.15) is 23.2 Å². The summed E-state index contributed by atoms with van der Waals surface area (Å²) in [5, 5.41) is 3.10. The Balaban J connectivity index is 1.41. The molecule has 3 aromatic rings. The fourth-order valence-electron chi connectivity index (χ4n) is 3.95. The number of benzene rings is 3. The first-order valence-electron chi connectivity index (χ1n) is 10.6. The Morgan fingerprint density at radius 1 is 0.906 bits per heavy atom. The third kappa shape index (κ3) is 4.69. The van der Waals surface area contributed by atoms with E-state index in [9.17, 15) is 13.2 Å². The highest BCUT2D eigenvalue weighted by Crippen LogP contribution is 2.25. The maximum Gasteiger partial charge on any atom is 0.252 e. The van der Waals surface area contributed by atoms with Gasteiger partial charge in [0.1, 0.15) is 5.75 Å². The Kier molecular flexibility index (Phi) is 6.58. The third-order valence-electron chi connectivity index (χ3n) is 5.74. The topological polar surface area (TPSA) is 75.7 Å². The monoisotopic (exact) mass is 450 g/mol. The molecule has 7 heteroatoms. The Hall–Kier alpha value is -3.16. The minimum absolute atomic E-state index is 0.0753. The number of nitrogens with zero attached hydrogens (tertiary/aromatic N) is 1. The molecule has 0 aromatic heterocycles. The summed E-state index contributed by atoms with van der Waals surface area (Å²) in [7, 11) is -2.03. The van der Waals surface area contributed by atoms with E-state index in [4.69, 9.17) is 4.74 Å². The fourth-order valence-corrected chi connectivity index (χ4v) is 5.42. The van der Waals surface area contributed by atoms with Crippen LogP contribution >= 0.6 is 0 Å². The average Bonchev–Trinajstić information content (AvgIpc) is 2.85. The van der Waals surface area contributed by atoms with Gasteiger partial charge in [0, 0.05) is 24.7 Å². The van der Waals surface area contributed by atoms with Crippen molar-refractivity contribution in [3.05, 3.63) is 84.4 Å². The molecular formula is C25H26N2O4S. The van der Waals surface area contributed by atoms with Crippen molar-refractivity contribution in [3.8, 4) is 16.9 Å². The van der Waals surface area contributed by atoms with Crippen LogP contribution in [0.15, 0.2) is 83.8 Å². The largest absolute Gasteiger partial charge is 0.497 e. The molecule has 32 heavy (non-hydrogen) atoms. The lowest BCUT2D eigenvalue weighted by molar-refractivity contribution is 0.0924. The first-order chi connectivity index (χ1) is 15.5. The summed E-state index contributed by atoms with van der Waals surface area (Å²) in [6.45, 7) is 0.722. The molecule has 0 saturated carbocycles. The highest BCUT2D eigenvalue weighted by molar-refractivity contribution is 7.89. The van der Waals surface area contributed by atoms with E-state index in [0.29, 0.717) is 37.2 Å². The summed E-state index contributed by atoms with van der Waals surface area (Å²) in [4.78, 5) is 13.3. The van der Waals surface area contributed by atoms with Crippen molar-refractivity contribution in [3.63, 3.8) is 0 Å². The van der Waals surface area contributed by atoms with Gasteiger partial charge in [-0.05, 0) is 54.3 Å². The normalized spacial score (nSPS) is 15.3. The van der Waals surface area contributed by atoms with E-state index in [-0.39, 0.29) is 16.8 Å². The number of amides is 1. The van der Waals surface area contributed by atoms with Gasteiger partial charge in [0.05, 0.1) is 12.0 Å². The lowest BCUT2D eigenvalue weighted by atomic mass is 9.98. The highest BCUT2D eigenvalue weighted by Gasteiger charge is 2.30. The maximum atomic E-state index is 13.0. The predicted octanol–water partition coefficient (Wildman–Crippen LogP) is 3.95. The first-order valence-corrected chi connectivity index (χ1v) is 12.0. The van der Waals surface area contributed by atoms with Gasteiger partial charge >= 0.3 is 0 Å². The van der Waals surface area contributed by atoms with Gasteiger partial charge in [-0.3, -0.25) is 4.79 Å². The summed E-state index contributed by atoms with van der Waals surface area (Å²) < 4.78 is 32.5. The van der Waals surface area contributed by atoms with Crippen molar-refractivity contribution < 1.29 is 17.9 Å². The lowest BCUT2D eigenvalue weighted by Crippen LogP contribution is -2.46. The molecule has 0 bridgehead atoms. The molecule has 1 saturated heterocycles. The van der Waals surface area contributed by atoms with Crippen LogP contribution < -0.4 is 10.1 Å². The average molecular weight is 451 g/mol. The smallest absolute Gasteiger partial charge is 0.252 e. The Labute approximate surface area is 188 Å². The van der Waals surface area contributed by atoms with Gasteiger partial charge < -0.3 is 10.1 Å². The minimum atomic E-state index is -3.57. The van der Waals surface area contributed by atoms with E-state index >= 15 is 0 Å². The van der Waals surface area contributed by atoms with Gasteiger partial charge in [0.15, 0.2) is 0 Å². The van der Waals surface area contributed by atoms with Crippen LogP contribution in [0, 0.1) is 0 Å². The molecule has 1 N–H and O–H groups in total. The third-order valence-corrected chi connectivity index (χ3v) is 7.66. The minimum Gasteiger partial charge on any atom is -0.497 e. The van der Waals surface area contributed by atoms with Crippen LogP contribution in [0.25, 0.3) is 11.1 Å². The second-order valence-corrected chi connectivity index (χ2v) is 9.68. The van der Waals surface area contributed by atoms with Crippen molar-refractivity contribution in [2.24, 2.45) is 0 Å². The molecule has 166 valence electrons. The molecule has 1 aliphatic rings. The maximum absolute atomic E-state index is 13.0. The number of hydrogen-bond donors (Lipinski definition) is 1. The van der Waals surface area contributed by atoms with Crippen LogP contribution in [-0.2, 0) is 10.0 Å². The number of ether oxygens (including phenoxy) is 1. The van der Waals surface area contributed by atoms with Crippen molar-refractivity contribution in [2.75, 3.05) is 20.2 Å². The number of methoxy groups -OCH3 is 1. The first kappa shape index (κ1) is 22.0. The summed E-state index contributed by atoms with van der Waals surface area (Å²) in [5.74, 6) is 0.474. The zero-order chi connectivity index (χ0) is 22.6. The summed E-state index contributed by atoms with van der Waals surface area (Å²) in [6, 6.07) is 23.7. The van der Waals surface area contributed by atoms with Crippen molar-refractivity contribution >= 4 is 15.9 Å². The molecule has 0 spiro atoms. The molecule has 1 fully saturated rings. The van der Waals surface area contributed by atoms with E-state index in [1.165, 1.54) is 4.31 Å². The van der Waals surface area contributed by atoms with Crippen LogP contribution in [0.3, 0.4) is 0 Å². The van der Waals surface area contributed by atoms with E-state index in [1.807, 2.05) is 54.6 Å². The molecule has 0 atom stereocenters. The van der Waals surface area contributed by atoms with Gasteiger partial charge in [-0.25, -0.2) is 8.42 Å². The molecule has 0 radical (unpaired) electrons. The Morgan fingerprint density at radius 2 is 1.53 bits per heavy atom. The van der Waals surface area contributed by atoms with Gasteiger partial charge in [0.25, 0.3) is 5.91 Å². The Bertz CT molecular complexity index is 1170. The van der Waals surface area contributed by atoms with Crippen molar-refractivity contribution in [1.82, 2.24) is 9.62 Å². The van der Waals surface area contributed by atoms with E-state index in [1.54, 1.807) is 31.4 Å². The second kappa shape index (κ2) is 9.54. The number of piperidine rings is 1. The highest BCUT2D eigenvalue weighted by atomic mass is 32.2. The van der Waals surface area contributed by atoms with E-state index in [0.717, 1.165) is 11.1 Å². The molecule has 0 unspecified atom stereocenters. The SMILES string of the molecule is COc1ccc(S(=O)(=O)N2CCC(NC(=O)c3ccccc3-c3ccccc3)CC2)cc1. The summed E-state index contributed by atoms with van der Waals surface area (Å²) in [5.41, 5.74) is 2.48. The summed E-state index contributed by atoms with van der Waals surface area (Å²) >= 11 is 0. The molecule has 6 nitrogen and oxygen atoms in total. The number of rotatable bonds is 6.